The molecule has 4 rings (SSSR count). The van der Waals surface area contributed by atoms with Crippen LogP contribution in [0.1, 0.15) is 21.5 Å². The Morgan fingerprint density at radius 2 is 1.65 bits per heavy atom. The molecule has 0 bridgehead atoms. The van der Waals surface area contributed by atoms with E-state index in [4.69, 9.17) is 0 Å². The topological polar surface area (TPSA) is 87.3 Å². The Hall–Kier alpha value is -4.21. The highest BCUT2D eigenvalue weighted by molar-refractivity contribution is 9.10. The molecule has 4 aromatic rings. The van der Waals surface area contributed by atoms with E-state index in [9.17, 15) is 18.8 Å². The zero-order valence-corrected chi connectivity index (χ0v) is 23.8. The molecule has 202 valence electrons. The van der Waals surface area contributed by atoms with Gasteiger partial charge in [-0.2, -0.15) is 0 Å². The molecule has 9 heteroatoms. The van der Waals surface area contributed by atoms with Gasteiger partial charge < -0.3 is 16.0 Å². The minimum absolute atomic E-state index is 0.0402. The normalized spacial score (nSPS) is 11.0. The van der Waals surface area contributed by atoms with Gasteiger partial charge in [0.2, 0.25) is 5.91 Å². The molecular weight excluding hydrogens is 593 g/mol. The fourth-order valence-electron chi connectivity index (χ4n) is 3.66. The van der Waals surface area contributed by atoms with E-state index in [1.165, 1.54) is 23.9 Å². The van der Waals surface area contributed by atoms with Crippen molar-refractivity contribution in [2.24, 2.45) is 0 Å². The predicted molar refractivity (Wildman–Crippen MR) is 162 cm³/mol. The summed E-state index contributed by atoms with van der Waals surface area (Å²) >= 11 is 4.43. The molecule has 3 amide bonds. The molecule has 0 saturated heterocycles. The highest BCUT2D eigenvalue weighted by atomic mass is 79.9. The fourth-order valence-corrected chi connectivity index (χ4v) is 4.75. The van der Waals surface area contributed by atoms with Crippen LogP contribution in [-0.4, -0.2) is 23.5 Å². The molecule has 0 aromatic heterocycles. The lowest BCUT2D eigenvalue weighted by atomic mass is 10.1. The molecule has 0 unspecified atom stereocenters. The number of thioether (sulfide) groups is 1. The molecule has 0 saturated carbocycles. The van der Waals surface area contributed by atoms with Gasteiger partial charge in [-0.05, 0) is 67.1 Å². The van der Waals surface area contributed by atoms with Gasteiger partial charge in [-0.25, -0.2) is 4.39 Å². The fraction of sp³-hybridized carbons (Fsp3) is 0.0645. The minimum Gasteiger partial charge on any atom is -0.323 e. The van der Waals surface area contributed by atoms with Crippen molar-refractivity contribution in [3.05, 3.63) is 130 Å². The Labute approximate surface area is 244 Å². The van der Waals surface area contributed by atoms with Gasteiger partial charge in [0.25, 0.3) is 11.8 Å². The van der Waals surface area contributed by atoms with Crippen LogP contribution in [0.25, 0.3) is 6.08 Å². The smallest absolute Gasteiger partial charge is 0.272 e. The largest absolute Gasteiger partial charge is 0.323 e. The first-order chi connectivity index (χ1) is 19.3. The molecular formula is C31H25BrFN3O3S. The number of hydrogen-bond acceptors (Lipinski definition) is 4. The number of hydrogen-bond donors (Lipinski definition) is 3. The van der Waals surface area contributed by atoms with E-state index in [1.54, 1.807) is 66.7 Å². The number of halogens is 2. The van der Waals surface area contributed by atoms with Gasteiger partial charge >= 0.3 is 0 Å². The summed E-state index contributed by atoms with van der Waals surface area (Å²) in [6.07, 6.45) is 1.62. The van der Waals surface area contributed by atoms with Crippen molar-refractivity contribution in [2.75, 3.05) is 16.4 Å². The molecule has 40 heavy (non-hydrogen) atoms. The second-order valence-corrected chi connectivity index (χ2v) is 10.7. The monoisotopic (exact) mass is 617 g/mol. The van der Waals surface area contributed by atoms with Crippen LogP contribution in [0.4, 0.5) is 15.8 Å². The highest BCUT2D eigenvalue weighted by Crippen LogP contribution is 2.24. The second-order valence-electron chi connectivity index (χ2n) is 8.74. The predicted octanol–water partition coefficient (Wildman–Crippen LogP) is 7.04. The second kappa shape index (κ2) is 13.7. The van der Waals surface area contributed by atoms with E-state index in [-0.39, 0.29) is 23.0 Å². The van der Waals surface area contributed by atoms with Crippen molar-refractivity contribution in [3.63, 3.8) is 0 Å². The van der Waals surface area contributed by atoms with E-state index in [0.717, 1.165) is 16.0 Å². The van der Waals surface area contributed by atoms with E-state index in [2.05, 4.69) is 31.9 Å². The van der Waals surface area contributed by atoms with Crippen LogP contribution in [0.3, 0.4) is 0 Å². The Bertz CT molecular complexity index is 1580. The lowest BCUT2D eigenvalue weighted by Gasteiger charge is -2.12. The average Bonchev–Trinajstić information content (AvgIpc) is 2.94. The van der Waals surface area contributed by atoms with Gasteiger partial charge in [-0.1, -0.05) is 70.0 Å². The van der Waals surface area contributed by atoms with E-state index < -0.39 is 17.6 Å². The first-order valence-corrected chi connectivity index (χ1v) is 14.0. The summed E-state index contributed by atoms with van der Waals surface area (Å²) in [5.41, 5.74) is 2.85. The lowest BCUT2D eigenvalue weighted by molar-refractivity contribution is -0.114. The number of carbonyl (C=O) groups excluding carboxylic acids is 3. The molecule has 0 fully saturated rings. The quantitative estimate of drug-likeness (QED) is 0.139. The Balaban J connectivity index is 1.45. The maximum atomic E-state index is 14.0. The summed E-state index contributed by atoms with van der Waals surface area (Å²) < 4.78 is 14.6. The van der Waals surface area contributed by atoms with Crippen molar-refractivity contribution >= 4 is 62.9 Å². The van der Waals surface area contributed by atoms with Crippen LogP contribution >= 0.6 is 27.7 Å². The summed E-state index contributed by atoms with van der Waals surface area (Å²) in [6.45, 7) is 1.94. The van der Waals surface area contributed by atoms with Crippen molar-refractivity contribution in [3.8, 4) is 0 Å². The van der Waals surface area contributed by atoms with E-state index in [0.29, 0.717) is 15.7 Å². The summed E-state index contributed by atoms with van der Waals surface area (Å²) in [6, 6.07) is 27.6. The van der Waals surface area contributed by atoms with E-state index >= 15 is 0 Å². The zero-order chi connectivity index (χ0) is 28.5. The maximum absolute atomic E-state index is 14.0. The highest BCUT2D eigenvalue weighted by Gasteiger charge is 2.16. The van der Waals surface area contributed by atoms with E-state index in [1.807, 2.05) is 31.2 Å². The summed E-state index contributed by atoms with van der Waals surface area (Å²) in [7, 11) is 0. The molecule has 0 aliphatic carbocycles. The van der Waals surface area contributed by atoms with Gasteiger partial charge in [0.1, 0.15) is 11.5 Å². The number of amides is 3. The molecule has 3 N–H and O–H groups in total. The zero-order valence-electron chi connectivity index (χ0n) is 21.4. The molecule has 0 spiro atoms. The lowest BCUT2D eigenvalue weighted by Crippen LogP contribution is -2.30. The third-order valence-corrected chi connectivity index (χ3v) is 7.04. The SMILES string of the molecule is Cc1cccc(/C=C(/NC(=O)c2ccccc2)C(=O)Nc2cccc(SCC(=O)Nc3ccc(Br)cc3F)c2)c1. The van der Waals surface area contributed by atoms with Crippen LogP contribution in [0.15, 0.2) is 112 Å². The minimum atomic E-state index is -0.536. The molecule has 0 heterocycles. The first kappa shape index (κ1) is 28.8. The Kier molecular flexibility index (Phi) is 9.88. The summed E-state index contributed by atoms with van der Waals surface area (Å²) in [5.74, 6) is -1.78. The number of benzene rings is 4. The third kappa shape index (κ3) is 8.39. The van der Waals surface area contributed by atoms with Crippen molar-refractivity contribution in [1.29, 1.82) is 0 Å². The number of nitrogens with one attached hydrogen (secondary N) is 3. The van der Waals surface area contributed by atoms with Crippen molar-refractivity contribution in [1.82, 2.24) is 5.32 Å². The van der Waals surface area contributed by atoms with Gasteiger partial charge in [-0.15, -0.1) is 11.8 Å². The summed E-state index contributed by atoms with van der Waals surface area (Å²) in [5, 5.41) is 8.11. The number of anilines is 2. The average molecular weight is 619 g/mol. The van der Waals surface area contributed by atoms with Crippen LogP contribution < -0.4 is 16.0 Å². The number of aryl methyl sites for hydroxylation is 1. The number of rotatable bonds is 9. The molecule has 0 atom stereocenters. The van der Waals surface area contributed by atoms with Crippen LogP contribution in [-0.2, 0) is 9.59 Å². The van der Waals surface area contributed by atoms with Crippen LogP contribution in [0, 0.1) is 12.7 Å². The first-order valence-electron chi connectivity index (χ1n) is 12.2. The standard InChI is InChI=1S/C31H25BrFN3O3S/c1-20-7-5-8-21(15-20)16-28(36-30(38)22-9-3-2-4-10-22)31(39)34-24-11-6-12-25(18-24)40-19-29(37)35-27-14-13-23(32)17-26(27)33/h2-18H,19H2,1H3,(H,34,39)(H,35,37)(H,36,38)/b28-16+. The van der Waals surface area contributed by atoms with Crippen LogP contribution in [0.5, 0.6) is 0 Å². The summed E-state index contributed by atoms with van der Waals surface area (Å²) in [4.78, 5) is 39.2. The molecule has 0 aliphatic rings. The van der Waals surface area contributed by atoms with Crippen molar-refractivity contribution < 1.29 is 18.8 Å². The molecule has 6 nitrogen and oxygen atoms in total. The van der Waals surface area contributed by atoms with Gasteiger partial charge in [0.15, 0.2) is 0 Å². The van der Waals surface area contributed by atoms with Crippen molar-refractivity contribution in [2.45, 2.75) is 11.8 Å². The van der Waals surface area contributed by atoms with Gasteiger partial charge in [-0.3, -0.25) is 14.4 Å². The Morgan fingerprint density at radius 3 is 2.40 bits per heavy atom. The maximum Gasteiger partial charge on any atom is 0.272 e. The Morgan fingerprint density at radius 1 is 0.875 bits per heavy atom. The molecule has 0 aliphatic heterocycles. The number of carbonyl (C=O) groups is 3. The molecule has 4 aromatic carbocycles. The molecule has 0 radical (unpaired) electrons. The third-order valence-electron chi connectivity index (χ3n) is 5.55. The van der Waals surface area contributed by atoms with Gasteiger partial charge in [0.05, 0.1) is 11.4 Å². The van der Waals surface area contributed by atoms with Gasteiger partial charge in [0, 0.05) is 20.6 Å². The van der Waals surface area contributed by atoms with Crippen LogP contribution in [0.2, 0.25) is 0 Å².